The van der Waals surface area contributed by atoms with Crippen LogP contribution in [0.3, 0.4) is 0 Å². The fourth-order valence-electron chi connectivity index (χ4n) is 2.10. The second kappa shape index (κ2) is 5.13. The van der Waals surface area contributed by atoms with Gasteiger partial charge in [0, 0.05) is 19.1 Å². The van der Waals surface area contributed by atoms with E-state index >= 15 is 0 Å². The summed E-state index contributed by atoms with van der Waals surface area (Å²) in [6.45, 7) is 9.39. The normalized spacial score (nSPS) is 28.5. The minimum atomic E-state index is 0.633. The summed E-state index contributed by atoms with van der Waals surface area (Å²) in [4.78, 5) is 2.48. The minimum absolute atomic E-state index is 0.633. The van der Waals surface area contributed by atoms with E-state index < -0.39 is 0 Å². The van der Waals surface area contributed by atoms with Crippen LogP contribution < -0.4 is 5.32 Å². The average molecular weight is 198 g/mol. The quantitative estimate of drug-likeness (QED) is 0.700. The molecule has 1 N–H and O–H groups in total. The van der Waals surface area contributed by atoms with Crippen molar-refractivity contribution in [3.63, 3.8) is 0 Å². The van der Waals surface area contributed by atoms with E-state index in [2.05, 4.69) is 45.1 Å². The zero-order valence-electron chi connectivity index (χ0n) is 10.4. The molecule has 0 aliphatic heterocycles. The Hall–Kier alpha value is -0.0800. The van der Waals surface area contributed by atoms with Gasteiger partial charge in [-0.2, -0.15) is 0 Å². The van der Waals surface area contributed by atoms with E-state index in [4.69, 9.17) is 0 Å². The Kier molecular flexibility index (Phi) is 4.39. The number of hydrogen-bond acceptors (Lipinski definition) is 2. The van der Waals surface area contributed by atoms with Gasteiger partial charge < -0.3 is 10.2 Å². The summed E-state index contributed by atoms with van der Waals surface area (Å²) in [6.07, 6.45) is 1.44. The third-order valence-electron chi connectivity index (χ3n) is 3.51. The number of likely N-dealkylation sites (N-methyl/N-ethyl adjacent to an activating group) is 2. The monoisotopic (exact) mass is 198 g/mol. The van der Waals surface area contributed by atoms with Gasteiger partial charge in [0.2, 0.25) is 0 Å². The first-order chi connectivity index (χ1) is 6.54. The molecule has 84 valence electrons. The lowest BCUT2D eigenvalue weighted by molar-refractivity contribution is 0.251. The van der Waals surface area contributed by atoms with Crippen molar-refractivity contribution in [1.82, 2.24) is 10.2 Å². The number of hydrogen-bond donors (Lipinski definition) is 1. The predicted octanol–water partition coefficient (Wildman–Crippen LogP) is 1.82. The van der Waals surface area contributed by atoms with Gasteiger partial charge in [0.25, 0.3) is 0 Å². The van der Waals surface area contributed by atoms with E-state index in [0.29, 0.717) is 6.04 Å². The largest absolute Gasteiger partial charge is 0.315 e. The summed E-state index contributed by atoms with van der Waals surface area (Å²) in [7, 11) is 4.32. The first-order valence-corrected chi connectivity index (χ1v) is 5.90. The van der Waals surface area contributed by atoms with Gasteiger partial charge >= 0.3 is 0 Å². The van der Waals surface area contributed by atoms with Gasteiger partial charge in [-0.05, 0) is 38.3 Å². The van der Waals surface area contributed by atoms with Gasteiger partial charge in [-0.1, -0.05) is 20.8 Å². The highest BCUT2D eigenvalue weighted by Gasteiger charge is 2.33. The molecule has 0 aromatic carbocycles. The molecule has 14 heavy (non-hydrogen) atoms. The molecule has 0 amide bonds. The van der Waals surface area contributed by atoms with Crippen molar-refractivity contribution in [2.24, 2.45) is 17.8 Å². The number of nitrogens with zero attached hydrogens (tertiary/aromatic N) is 1. The van der Waals surface area contributed by atoms with Crippen LogP contribution in [0.5, 0.6) is 0 Å². The highest BCUT2D eigenvalue weighted by Crippen LogP contribution is 2.37. The molecule has 2 heteroatoms. The van der Waals surface area contributed by atoms with Crippen molar-refractivity contribution in [2.45, 2.75) is 33.2 Å². The Morgan fingerprint density at radius 3 is 2.36 bits per heavy atom. The van der Waals surface area contributed by atoms with Crippen molar-refractivity contribution in [3.8, 4) is 0 Å². The fraction of sp³-hybridized carbons (Fsp3) is 1.00. The first-order valence-electron chi connectivity index (χ1n) is 5.90. The molecular weight excluding hydrogens is 172 g/mol. The molecular formula is C12H26N2. The molecule has 0 bridgehead atoms. The van der Waals surface area contributed by atoms with Crippen LogP contribution in [0.25, 0.3) is 0 Å². The Bertz CT molecular complexity index is 168. The molecule has 3 unspecified atom stereocenters. The number of nitrogens with one attached hydrogen (secondary N) is 1. The summed E-state index contributed by atoms with van der Waals surface area (Å²) in [5.41, 5.74) is 0. The third-order valence-corrected chi connectivity index (χ3v) is 3.51. The molecule has 0 aromatic heterocycles. The standard InChI is InChI=1S/C12H26N2/c1-9(2)12(13-4)8-14(5)7-11-6-10(11)3/h9-13H,6-8H2,1-5H3. The van der Waals surface area contributed by atoms with Crippen molar-refractivity contribution >= 4 is 0 Å². The van der Waals surface area contributed by atoms with E-state index in [1.165, 1.54) is 19.5 Å². The smallest absolute Gasteiger partial charge is 0.0214 e. The maximum Gasteiger partial charge on any atom is 0.0214 e. The van der Waals surface area contributed by atoms with Crippen LogP contribution in [0.1, 0.15) is 27.2 Å². The SMILES string of the molecule is CNC(CN(C)CC1CC1C)C(C)C. The van der Waals surface area contributed by atoms with E-state index in [0.717, 1.165) is 17.8 Å². The molecule has 0 heterocycles. The molecule has 0 saturated heterocycles. The van der Waals surface area contributed by atoms with Gasteiger partial charge in [0.15, 0.2) is 0 Å². The molecule has 1 aliphatic rings. The molecule has 0 aromatic rings. The molecule has 1 rings (SSSR count). The Labute approximate surface area is 89.1 Å². The lowest BCUT2D eigenvalue weighted by Crippen LogP contribution is -2.41. The van der Waals surface area contributed by atoms with Crippen molar-refractivity contribution < 1.29 is 0 Å². The van der Waals surface area contributed by atoms with Gasteiger partial charge in [-0.15, -0.1) is 0 Å². The Morgan fingerprint density at radius 1 is 1.43 bits per heavy atom. The highest BCUT2D eigenvalue weighted by molar-refractivity contribution is 4.85. The van der Waals surface area contributed by atoms with Gasteiger partial charge in [-0.25, -0.2) is 0 Å². The minimum Gasteiger partial charge on any atom is -0.315 e. The van der Waals surface area contributed by atoms with Crippen LogP contribution in [0.2, 0.25) is 0 Å². The van der Waals surface area contributed by atoms with Crippen LogP contribution in [-0.4, -0.2) is 38.1 Å². The van der Waals surface area contributed by atoms with E-state index in [1.54, 1.807) is 0 Å². The molecule has 3 atom stereocenters. The Balaban J connectivity index is 2.20. The maximum atomic E-state index is 3.40. The fourth-order valence-corrected chi connectivity index (χ4v) is 2.10. The highest BCUT2D eigenvalue weighted by atomic mass is 15.1. The van der Waals surface area contributed by atoms with Crippen LogP contribution in [-0.2, 0) is 0 Å². The van der Waals surface area contributed by atoms with Gasteiger partial charge in [0.1, 0.15) is 0 Å². The first kappa shape index (κ1) is 12.0. The summed E-state index contributed by atoms with van der Waals surface area (Å²) >= 11 is 0. The number of rotatable bonds is 6. The molecule has 1 fully saturated rings. The second-order valence-corrected chi connectivity index (χ2v) is 5.33. The summed E-state index contributed by atoms with van der Waals surface area (Å²) in [5, 5.41) is 3.40. The topological polar surface area (TPSA) is 15.3 Å². The Morgan fingerprint density at radius 2 is 2.00 bits per heavy atom. The lowest BCUT2D eigenvalue weighted by atomic mass is 10.0. The molecule has 1 aliphatic carbocycles. The van der Waals surface area contributed by atoms with E-state index in [1.807, 2.05) is 0 Å². The van der Waals surface area contributed by atoms with Crippen LogP contribution in [0.15, 0.2) is 0 Å². The summed E-state index contributed by atoms with van der Waals surface area (Å²) in [5.74, 6) is 2.67. The van der Waals surface area contributed by atoms with Crippen LogP contribution >= 0.6 is 0 Å². The van der Waals surface area contributed by atoms with Crippen molar-refractivity contribution in [1.29, 1.82) is 0 Å². The molecule has 0 radical (unpaired) electrons. The maximum absolute atomic E-state index is 3.40. The zero-order valence-corrected chi connectivity index (χ0v) is 10.4. The molecule has 1 saturated carbocycles. The van der Waals surface area contributed by atoms with Crippen LogP contribution in [0, 0.1) is 17.8 Å². The van der Waals surface area contributed by atoms with Crippen molar-refractivity contribution in [2.75, 3.05) is 27.2 Å². The van der Waals surface area contributed by atoms with Gasteiger partial charge in [0.05, 0.1) is 0 Å². The lowest BCUT2D eigenvalue weighted by Gasteiger charge is -2.26. The molecule has 0 spiro atoms. The average Bonchev–Trinajstić information content (AvgIpc) is 2.77. The third kappa shape index (κ3) is 3.58. The van der Waals surface area contributed by atoms with Gasteiger partial charge in [-0.3, -0.25) is 0 Å². The van der Waals surface area contributed by atoms with E-state index in [9.17, 15) is 0 Å². The summed E-state index contributed by atoms with van der Waals surface area (Å²) in [6, 6.07) is 0.633. The van der Waals surface area contributed by atoms with Crippen molar-refractivity contribution in [3.05, 3.63) is 0 Å². The zero-order chi connectivity index (χ0) is 10.7. The van der Waals surface area contributed by atoms with E-state index in [-0.39, 0.29) is 0 Å². The predicted molar refractivity (Wildman–Crippen MR) is 62.5 cm³/mol. The van der Waals surface area contributed by atoms with Crippen LogP contribution in [0.4, 0.5) is 0 Å². The summed E-state index contributed by atoms with van der Waals surface area (Å²) < 4.78 is 0. The second-order valence-electron chi connectivity index (χ2n) is 5.33. The molecule has 2 nitrogen and oxygen atoms in total.